The molecule has 0 aliphatic rings. The lowest BCUT2D eigenvalue weighted by Crippen LogP contribution is -2.27. The zero-order valence-electron chi connectivity index (χ0n) is 13.3. The molecule has 2 aromatic rings. The van der Waals surface area contributed by atoms with Gasteiger partial charge < -0.3 is 10.4 Å². The minimum Gasteiger partial charge on any atom is -0.480 e. The summed E-state index contributed by atoms with van der Waals surface area (Å²) in [5.74, 6) is -0.405. The SMILES string of the molecule is Cc1cccc(Nc2cc(Cl)nc(SC(C)(C)C(=O)O)n2)c1C. The van der Waals surface area contributed by atoms with Crippen LogP contribution in [0.4, 0.5) is 11.5 Å². The van der Waals surface area contributed by atoms with Crippen molar-refractivity contribution in [2.75, 3.05) is 5.32 Å². The van der Waals surface area contributed by atoms with E-state index < -0.39 is 10.7 Å². The molecule has 5 nitrogen and oxygen atoms in total. The lowest BCUT2D eigenvalue weighted by molar-refractivity contribution is -0.138. The van der Waals surface area contributed by atoms with Crippen molar-refractivity contribution >= 4 is 40.8 Å². The van der Waals surface area contributed by atoms with E-state index in [2.05, 4.69) is 15.3 Å². The van der Waals surface area contributed by atoms with Gasteiger partial charge in [-0.05, 0) is 44.9 Å². The van der Waals surface area contributed by atoms with E-state index in [4.69, 9.17) is 11.6 Å². The summed E-state index contributed by atoms with van der Waals surface area (Å²) in [5.41, 5.74) is 3.20. The molecule has 0 atom stereocenters. The molecule has 122 valence electrons. The van der Waals surface area contributed by atoms with E-state index in [0.29, 0.717) is 11.0 Å². The normalized spacial score (nSPS) is 11.3. The quantitative estimate of drug-likeness (QED) is 0.471. The number of carbonyl (C=O) groups is 1. The van der Waals surface area contributed by atoms with Crippen molar-refractivity contribution in [3.05, 3.63) is 40.5 Å². The second-order valence-corrected chi connectivity index (χ2v) is 7.63. The van der Waals surface area contributed by atoms with Crippen LogP contribution in [-0.4, -0.2) is 25.8 Å². The highest BCUT2D eigenvalue weighted by molar-refractivity contribution is 8.01. The first-order chi connectivity index (χ1) is 10.7. The number of nitrogens with one attached hydrogen (secondary N) is 1. The second-order valence-electron chi connectivity index (χ2n) is 5.65. The Balaban J connectivity index is 2.31. The van der Waals surface area contributed by atoms with Crippen LogP contribution in [0.3, 0.4) is 0 Å². The van der Waals surface area contributed by atoms with Gasteiger partial charge in [0.15, 0.2) is 5.16 Å². The van der Waals surface area contributed by atoms with Crippen molar-refractivity contribution in [1.82, 2.24) is 9.97 Å². The molecule has 2 N–H and O–H groups in total. The van der Waals surface area contributed by atoms with E-state index in [9.17, 15) is 9.90 Å². The van der Waals surface area contributed by atoms with Gasteiger partial charge in [0.1, 0.15) is 15.7 Å². The third-order valence-corrected chi connectivity index (χ3v) is 4.65. The number of halogens is 1. The Labute approximate surface area is 144 Å². The molecule has 0 saturated carbocycles. The zero-order valence-corrected chi connectivity index (χ0v) is 14.9. The molecule has 1 aromatic carbocycles. The van der Waals surface area contributed by atoms with Crippen LogP contribution in [0.25, 0.3) is 0 Å². The fourth-order valence-corrected chi connectivity index (χ4v) is 2.87. The first-order valence-electron chi connectivity index (χ1n) is 6.99. The fraction of sp³-hybridized carbons (Fsp3) is 0.312. The number of aryl methyl sites for hydroxylation is 1. The summed E-state index contributed by atoms with van der Waals surface area (Å²) in [6.45, 7) is 7.25. The third-order valence-electron chi connectivity index (χ3n) is 3.40. The molecule has 2 rings (SSSR count). The number of anilines is 2. The maximum absolute atomic E-state index is 11.2. The van der Waals surface area contributed by atoms with E-state index in [-0.39, 0.29) is 5.15 Å². The number of hydrogen-bond donors (Lipinski definition) is 2. The molecule has 0 fully saturated rings. The molecule has 0 bridgehead atoms. The molecule has 0 radical (unpaired) electrons. The molecule has 7 heteroatoms. The highest BCUT2D eigenvalue weighted by Crippen LogP contribution is 2.32. The highest BCUT2D eigenvalue weighted by Gasteiger charge is 2.30. The Morgan fingerprint density at radius 2 is 2.00 bits per heavy atom. The summed E-state index contributed by atoms with van der Waals surface area (Å²) in [4.78, 5) is 19.7. The standard InChI is InChI=1S/C16H18ClN3O2S/c1-9-6-5-7-11(10(9)2)18-13-8-12(17)19-15(20-13)23-16(3,4)14(21)22/h5-8H,1-4H3,(H,21,22)(H,18,19,20). The molecular formula is C16H18ClN3O2S. The van der Waals surface area contributed by atoms with Crippen molar-refractivity contribution in [3.8, 4) is 0 Å². The van der Waals surface area contributed by atoms with E-state index >= 15 is 0 Å². The number of benzene rings is 1. The predicted octanol–water partition coefficient (Wildman–Crippen LogP) is 4.45. The Hall–Kier alpha value is -1.79. The topological polar surface area (TPSA) is 75.1 Å². The van der Waals surface area contributed by atoms with Crippen LogP contribution >= 0.6 is 23.4 Å². The highest BCUT2D eigenvalue weighted by atomic mass is 35.5. The monoisotopic (exact) mass is 351 g/mol. The predicted molar refractivity (Wildman–Crippen MR) is 93.8 cm³/mol. The van der Waals surface area contributed by atoms with Gasteiger partial charge in [0.2, 0.25) is 0 Å². The summed E-state index contributed by atoms with van der Waals surface area (Å²) in [6, 6.07) is 7.55. The van der Waals surface area contributed by atoms with Gasteiger partial charge in [-0.25, -0.2) is 9.97 Å². The third kappa shape index (κ3) is 4.36. The maximum Gasteiger partial charge on any atom is 0.319 e. The van der Waals surface area contributed by atoms with E-state index in [0.717, 1.165) is 28.6 Å². The Kier molecular flexibility index (Phi) is 5.16. The van der Waals surface area contributed by atoms with Gasteiger partial charge in [-0.3, -0.25) is 4.79 Å². The van der Waals surface area contributed by atoms with E-state index in [1.54, 1.807) is 19.9 Å². The fourth-order valence-electron chi connectivity index (χ4n) is 1.80. The van der Waals surface area contributed by atoms with Crippen LogP contribution in [0, 0.1) is 13.8 Å². The van der Waals surface area contributed by atoms with Gasteiger partial charge in [-0.2, -0.15) is 0 Å². The average molecular weight is 352 g/mol. The number of hydrogen-bond acceptors (Lipinski definition) is 5. The van der Waals surface area contributed by atoms with Crippen LogP contribution in [0.5, 0.6) is 0 Å². The van der Waals surface area contributed by atoms with Crippen molar-refractivity contribution in [3.63, 3.8) is 0 Å². The van der Waals surface area contributed by atoms with Crippen LogP contribution in [-0.2, 0) is 4.79 Å². The maximum atomic E-state index is 11.2. The first-order valence-corrected chi connectivity index (χ1v) is 8.19. The largest absolute Gasteiger partial charge is 0.480 e. The number of carboxylic acid groups (broad SMARTS) is 1. The van der Waals surface area contributed by atoms with E-state index in [1.165, 1.54) is 0 Å². The first kappa shape index (κ1) is 17.6. The zero-order chi connectivity index (χ0) is 17.2. The van der Waals surface area contributed by atoms with Gasteiger partial charge in [0.25, 0.3) is 0 Å². The van der Waals surface area contributed by atoms with Crippen molar-refractivity contribution < 1.29 is 9.90 Å². The Morgan fingerprint density at radius 3 is 2.65 bits per heavy atom. The Bertz CT molecular complexity index is 750. The van der Waals surface area contributed by atoms with Gasteiger partial charge in [-0.15, -0.1) is 0 Å². The van der Waals surface area contributed by atoms with Crippen LogP contribution in [0.1, 0.15) is 25.0 Å². The molecule has 1 heterocycles. The molecule has 23 heavy (non-hydrogen) atoms. The van der Waals surface area contributed by atoms with Gasteiger partial charge in [-0.1, -0.05) is 35.5 Å². The van der Waals surface area contributed by atoms with Crippen LogP contribution in [0.15, 0.2) is 29.4 Å². The molecule has 0 saturated heterocycles. The molecule has 1 aromatic heterocycles. The molecule has 0 aliphatic carbocycles. The van der Waals surface area contributed by atoms with Gasteiger partial charge in [0, 0.05) is 11.8 Å². The van der Waals surface area contributed by atoms with Crippen LogP contribution < -0.4 is 5.32 Å². The van der Waals surface area contributed by atoms with Gasteiger partial charge in [0.05, 0.1) is 0 Å². The number of rotatable bonds is 5. The summed E-state index contributed by atoms with van der Waals surface area (Å²) in [7, 11) is 0. The summed E-state index contributed by atoms with van der Waals surface area (Å²) >= 11 is 7.10. The minimum atomic E-state index is -1.04. The summed E-state index contributed by atoms with van der Waals surface area (Å²) in [5, 5.41) is 13.0. The second kappa shape index (κ2) is 6.76. The molecule has 0 spiro atoms. The number of nitrogens with zero attached hydrogens (tertiary/aromatic N) is 2. The lowest BCUT2D eigenvalue weighted by atomic mass is 10.1. The molecule has 0 unspecified atom stereocenters. The smallest absolute Gasteiger partial charge is 0.319 e. The average Bonchev–Trinajstić information content (AvgIpc) is 2.42. The van der Waals surface area contributed by atoms with Gasteiger partial charge >= 0.3 is 5.97 Å². The minimum absolute atomic E-state index is 0.261. The van der Waals surface area contributed by atoms with Crippen molar-refractivity contribution in [2.24, 2.45) is 0 Å². The number of aromatic nitrogens is 2. The molecular weight excluding hydrogens is 334 g/mol. The van der Waals surface area contributed by atoms with E-state index in [1.807, 2.05) is 32.0 Å². The molecule has 0 aliphatic heterocycles. The van der Waals surface area contributed by atoms with Crippen molar-refractivity contribution in [2.45, 2.75) is 37.6 Å². The lowest BCUT2D eigenvalue weighted by Gasteiger charge is -2.17. The number of aliphatic carboxylic acids is 1. The number of thioether (sulfide) groups is 1. The number of carboxylic acids is 1. The van der Waals surface area contributed by atoms with Crippen LogP contribution in [0.2, 0.25) is 5.15 Å². The summed E-state index contributed by atoms with van der Waals surface area (Å²) in [6.07, 6.45) is 0. The molecule has 0 amide bonds. The Morgan fingerprint density at radius 1 is 1.30 bits per heavy atom. The summed E-state index contributed by atoms with van der Waals surface area (Å²) < 4.78 is -1.04. The van der Waals surface area contributed by atoms with Crippen molar-refractivity contribution in [1.29, 1.82) is 0 Å².